The molecule has 6 heteroatoms. The van der Waals surface area contributed by atoms with Crippen LogP contribution in [0.15, 0.2) is 0 Å². The minimum atomic E-state index is -3.13. The minimum Gasteiger partial charge on any atom is -0.396 e. The Morgan fingerprint density at radius 1 is 1.26 bits per heavy atom. The van der Waals surface area contributed by atoms with Crippen molar-refractivity contribution in [1.29, 1.82) is 0 Å². The Morgan fingerprint density at radius 3 is 2.79 bits per heavy atom. The largest absolute Gasteiger partial charge is 0.396 e. The molecule has 0 aliphatic carbocycles. The molecule has 0 saturated carbocycles. The highest BCUT2D eigenvalue weighted by Gasteiger charge is 2.35. The Hall–Kier alpha value is -0.170. The molecule has 0 aromatic heterocycles. The number of hydrogen-bond donors (Lipinski definition) is 2. The first-order valence-corrected chi connectivity index (χ1v) is 9.05. The lowest BCUT2D eigenvalue weighted by atomic mass is 10.0. The van der Waals surface area contributed by atoms with Gasteiger partial charge in [-0.05, 0) is 57.5 Å². The molecule has 2 saturated heterocycles. The smallest absolute Gasteiger partial charge is 0.214 e. The van der Waals surface area contributed by atoms with Crippen LogP contribution < -0.4 is 5.32 Å². The number of rotatable bonds is 6. The number of aliphatic hydroxyl groups is 1. The monoisotopic (exact) mass is 290 g/mol. The van der Waals surface area contributed by atoms with Crippen LogP contribution in [0.25, 0.3) is 0 Å². The molecule has 2 aliphatic heterocycles. The van der Waals surface area contributed by atoms with Gasteiger partial charge in [0.25, 0.3) is 0 Å². The summed E-state index contributed by atoms with van der Waals surface area (Å²) in [5.41, 5.74) is 0. The van der Waals surface area contributed by atoms with Gasteiger partial charge in [-0.3, -0.25) is 0 Å². The number of piperidine rings is 1. The van der Waals surface area contributed by atoms with Gasteiger partial charge in [-0.15, -0.1) is 0 Å². The van der Waals surface area contributed by atoms with Crippen molar-refractivity contribution in [2.45, 2.75) is 44.6 Å². The van der Waals surface area contributed by atoms with E-state index in [9.17, 15) is 8.42 Å². The van der Waals surface area contributed by atoms with Crippen molar-refractivity contribution in [3.63, 3.8) is 0 Å². The van der Waals surface area contributed by atoms with Crippen molar-refractivity contribution in [3.8, 4) is 0 Å². The second kappa shape index (κ2) is 7.02. The normalized spacial score (nSPS) is 29.7. The van der Waals surface area contributed by atoms with E-state index >= 15 is 0 Å². The molecule has 112 valence electrons. The first-order valence-electron chi connectivity index (χ1n) is 7.44. The van der Waals surface area contributed by atoms with Crippen LogP contribution in [0.2, 0.25) is 0 Å². The first kappa shape index (κ1) is 15.2. The number of sulfonamides is 1. The molecule has 2 atom stereocenters. The molecule has 2 heterocycles. The van der Waals surface area contributed by atoms with Crippen LogP contribution in [0.4, 0.5) is 0 Å². The Kier molecular flexibility index (Phi) is 5.62. The highest BCUT2D eigenvalue weighted by molar-refractivity contribution is 7.89. The highest BCUT2D eigenvalue weighted by atomic mass is 32.2. The predicted molar refractivity (Wildman–Crippen MR) is 75.4 cm³/mol. The van der Waals surface area contributed by atoms with Gasteiger partial charge in [0.05, 0.1) is 5.75 Å². The molecule has 2 fully saturated rings. The Labute approximate surface area is 116 Å². The molecular weight excluding hydrogens is 264 g/mol. The van der Waals surface area contributed by atoms with Crippen molar-refractivity contribution >= 4 is 10.0 Å². The second-order valence-corrected chi connectivity index (χ2v) is 7.73. The highest BCUT2D eigenvalue weighted by Crippen LogP contribution is 2.26. The van der Waals surface area contributed by atoms with E-state index in [2.05, 4.69) is 5.32 Å². The number of aliphatic hydroxyl groups excluding tert-OH is 1. The maximum absolute atomic E-state index is 12.5. The van der Waals surface area contributed by atoms with Gasteiger partial charge in [-0.25, -0.2) is 8.42 Å². The molecule has 0 aromatic rings. The molecule has 0 radical (unpaired) electrons. The number of hydrogen-bond acceptors (Lipinski definition) is 4. The van der Waals surface area contributed by atoms with Gasteiger partial charge in [0.2, 0.25) is 10.0 Å². The average Bonchev–Trinajstić information content (AvgIpc) is 2.86. The van der Waals surface area contributed by atoms with Crippen LogP contribution in [0, 0.1) is 5.92 Å². The van der Waals surface area contributed by atoms with Crippen molar-refractivity contribution in [2.24, 2.45) is 5.92 Å². The molecule has 0 spiro atoms. The lowest BCUT2D eigenvalue weighted by Crippen LogP contribution is -2.42. The van der Waals surface area contributed by atoms with E-state index < -0.39 is 10.0 Å². The summed E-state index contributed by atoms with van der Waals surface area (Å²) in [6, 6.07) is 0.119. The lowest BCUT2D eigenvalue weighted by molar-refractivity contribution is 0.263. The SMILES string of the molecule is O=S(=O)(CC1CCCNC1)N1CCCC1CCCO. The first-order chi connectivity index (χ1) is 9.13. The summed E-state index contributed by atoms with van der Waals surface area (Å²) in [6.45, 7) is 2.66. The fourth-order valence-electron chi connectivity index (χ4n) is 3.25. The topological polar surface area (TPSA) is 69.6 Å². The lowest BCUT2D eigenvalue weighted by Gasteiger charge is -2.28. The maximum atomic E-state index is 12.5. The van der Waals surface area contributed by atoms with E-state index in [-0.39, 0.29) is 24.3 Å². The molecule has 0 aromatic carbocycles. The summed E-state index contributed by atoms with van der Waals surface area (Å²) in [7, 11) is -3.13. The van der Waals surface area contributed by atoms with Crippen LogP contribution in [0.5, 0.6) is 0 Å². The third kappa shape index (κ3) is 4.15. The van der Waals surface area contributed by atoms with E-state index in [1.165, 1.54) is 0 Å². The summed E-state index contributed by atoms with van der Waals surface area (Å²) in [5.74, 6) is 0.549. The van der Waals surface area contributed by atoms with Crippen molar-refractivity contribution in [2.75, 3.05) is 32.0 Å². The van der Waals surface area contributed by atoms with Crippen molar-refractivity contribution in [3.05, 3.63) is 0 Å². The molecule has 2 N–H and O–H groups in total. The van der Waals surface area contributed by atoms with Crippen LogP contribution >= 0.6 is 0 Å². The van der Waals surface area contributed by atoms with E-state index in [1.807, 2.05) is 0 Å². The molecular formula is C13H26N2O3S. The summed E-state index contributed by atoms with van der Waals surface area (Å²) >= 11 is 0. The molecule has 0 amide bonds. The van der Waals surface area contributed by atoms with Crippen LogP contribution in [0.3, 0.4) is 0 Å². The van der Waals surface area contributed by atoms with Gasteiger partial charge >= 0.3 is 0 Å². The molecule has 19 heavy (non-hydrogen) atoms. The zero-order valence-electron chi connectivity index (χ0n) is 11.6. The van der Waals surface area contributed by atoms with Gasteiger partial charge in [0.1, 0.15) is 0 Å². The fourth-order valence-corrected chi connectivity index (χ4v) is 5.39. The van der Waals surface area contributed by atoms with Gasteiger partial charge < -0.3 is 10.4 Å². The van der Waals surface area contributed by atoms with E-state index in [4.69, 9.17) is 5.11 Å². The number of nitrogens with zero attached hydrogens (tertiary/aromatic N) is 1. The van der Waals surface area contributed by atoms with Crippen molar-refractivity contribution < 1.29 is 13.5 Å². The van der Waals surface area contributed by atoms with E-state index in [0.29, 0.717) is 13.0 Å². The predicted octanol–water partition coefficient (Wildman–Crippen LogP) is 0.553. The zero-order valence-corrected chi connectivity index (χ0v) is 12.4. The summed E-state index contributed by atoms with van der Waals surface area (Å²) in [6.07, 6.45) is 5.48. The van der Waals surface area contributed by atoms with Gasteiger partial charge in [0.15, 0.2) is 0 Å². The quantitative estimate of drug-likeness (QED) is 0.750. The van der Waals surface area contributed by atoms with E-state index in [1.54, 1.807) is 4.31 Å². The maximum Gasteiger partial charge on any atom is 0.214 e. The third-order valence-electron chi connectivity index (χ3n) is 4.22. The van der Waals surface area contributed by atoms with Crippen LogP contribution in [-0.2, 0) is 10.0 Å². The fraction of sp³-hybridized carbons (Fsp3) is 1.00. The third-order valence-corrected chi connectivity index (χ3v) is 6.31. The molecule has 5 nitrogen and oxygen atoms in total. The summed E-state index contributed by atoms with van der Waals surface area (Å²) in [5, 5.41) is 12.2. The van der Waals surface area contributed by atoms with Gasteiger partial charge in [-0.2, -0.15) is 4.31 Å². The van der Waals surface area contributed by atoms with Gasteiger partial charge in [0, 0.05) is 19.2 Å². The van der Waals surface area contributed by atoms with Crippen LogP contribution in [0.1, 0.15) is 38.5 Å². The van der Waals surface area contributed by atoms with Crippen LogP contribution in [-0.4, -0.2) is 55.9 Å². The molecule has 2 rings (SSSR count). The minimum absolute atomic E-state index is 0.119. The Bertz CT molecular complexity index is 366. The zero-order chi connectivity index (χ0) is 13.7. The van der Waals surface area contributed by atoms with E-state index in [0.717, 1.165) is 45.2 Å². The standard InChI is InChI=1S/C13H26N2O3S/c16-9-3-6-13-5-2-8-15(13)19(17,18)11-12-4-1-7-14-10-12/h12-14,16H,1-11H2. The Morgan fingerprint density at radius 2 is 2.11 bits per heavy atom. The van der Waals surface area contributed by atoms with Gasteiger partial charge in [-0.1, -0.05) is 0 Å². The Balaban J connectivity index is 1.93. The number of nitrogens with one attached hydrogen (secondary N) is 1. The second-order valence-electron chi connectivity index (χ2n) is 5.76. The summed E-state index contributed by atoms with van der Waals surface area (Å²) in [4.78, 5) is 0. The molecule has 2 unspecified atom stereocenters. The summed E-state index contributed by atoms with van der Waals surface area (Å²) < 4.78 is 26.7. The van der Waals surface area contributed by atoms with Crippen molar-refractivity contribution in [1.82, 2.24) is 9.62 Å². The molecule has 2 aliphatic rings. The molecule has 0 bridgehead atoms. The average molecular weight is 290 g/mol.